The van der Waals surface area contributed by atoms with Gasteiger partial charge in [0.15, 0.2) is 0 Å². The predicted molar refractivity (Wildman–Crippen MR) is 194 cm³/mol. The molecule has 0 spiro atoms. The Morgan fingerprint density at radius 1 is 0.773 bits per heavy atom. The average molecular weight is 584 g/mol. The van der Waals surface area contributed by atoms with Crippen LogP contribution in [0.3, 0.4) is 0 Å². The lowest BCUT2D eigenvalue weighted by Gasteiger charge is -2.15. The second kappa shape index (κ2) is 18.1. The highest BCUT2D eigenvalue weighted by Crippen LogP contribution is 2.34. The van der Waals surface area contributed by atoms with Crippen LogP contribution in [0.25, 0.3) is 33.5 Å². The number of hydrogen-bond donors (Lipinski definition) is 2. The van der Waals surface area contributed by atoms with E-state index in [9.17, 15) is 0 Å². The smallest absolute Gasteiger partial charge is 0.0711 e. The number of benzene rings is 3. The molecule has 4 rings (SSSR count). The fourth-order valence-electron chi connectivity index (χ4n) is 4.96. The van der Waals surface area contributed by atoms with Gasteiger partial charge in [-0.1, -0.05) is 118 Å². The molecule has 3 nitrogen and oxygen atoms in total. The fourth-order valence-corrected chi connectivity index (χ4v) is 4.96. The Labute approximate surface area is 266 Å². The first-order valence-corrected chi connectivity index (χ1v) is 15.8. The minimum Gasteiger partial charge on any atom is -0.388 e. The van der Waals surface area contributed by atoms with E-state index in [1.54, 1.807) is 0 Å². The molecule has 1 atom stereocenters. The predicted octanol–water partition coefficient (Wildman–Crippen LogP) is 11.0. The lowest BCUT2D eigenvalue weighted by atomic mass is 9.93. The van der Waals surface area contributed by atoms with Crippen LogP contribution >= 0.6 is 0 Å². The summed E-state index contributed by atoms with van der Waals surface area (Å²) in [6.45, 7) is 10.3. The number of aromatic nitrogens is 1. The highest BCUT2D eigenvalue weighted by atomic mass is 14.8. The summed E-state index contributed by atoms with van der Waals surface area (Å²) in [6, 6.07) is 30.5. The van der Waals surface area contributed by atoms with Crippen LogP contribution in [0.5, 0.6) is 0 Å². The molecule has 44 heavy (non-hydrogen) atoms. The van der Waals surface area contributed by atoms with Gasteiger partial charge in [-0.05, 0) is 78.8 Å². The van der Waals surface area contributed by atoms with Gasteiger partial charge in [-0.3, -0.25) is 4.98 Å². The van der Waals surface area contributed by atoms with Crippen molar-refractivity contribution in [3.05, 3.63) is 144 Å². The molecule has 0 radical (unpaired) electrons. The van der Waals surface area contributed by atoms with Crippen molar-refractivity contribution in [2.24, 2.45) is 0 Å². The Kier molecular flexibility index (Phi) is 14.0. The standard InChI is InChI=1S/C39H43N3.C2H6/c1-6-8-9-10-14-17-36-26-34(30-15-12-11-13-16-30)28-39(42-36)32-21-19-31(20-22-32)37-27-33(23-25-38(37)41-5)29(3)18-24-35(7-2)40-4;1-2/h6-8,10-16,18-29,40-41H,9,17H2,1-5H3;1-2H3/b8-6-,14-10-,24-18-,35-7+;. The van der Waals surface area contributed by atoms with E-state index in [1.807, 2.05) is 34.9 Å². The summed E-state index contributed by atoms with van der Waals surface area (Å²) < 4.78 is 0. The number of likely N-dealkylation sites (N-methyl/N-ethyl adjacent to an activating group) is 1. The van der Waals surface area contributed by atoms with Crippen LogP contribution in [0.2, 0.25) is 0 Å². The summed E-state index contributed by atoms with van der Waals surface area (Å²) in [5, 5.41) is 6.60. The van der Waals surface area contributed by atoms with Crippen LogP contribution in [0.15, 0.2) is 133 Å². The van der Waals surface area contributed by atoms with E-state index in [0.29, 0.717) is 0 Å². The van der Waals surface area contributed by atoms with Crippen molar-refractivity contribution in [1.82, 2.24) is 10.3 Å². The molecule has 228 valence electrons. The summed E-state index contributed by atoms with van der Waals surface area (Å²) in [5.74, 6) is 0.285. The number of nitrogens with one attached hydrogen (secondary N) is 2. The second-order valence-electron chi connectivity index (χ2n) is 10.4. The maximum Gasteiger partial charge on any atom is 0.0711 e. The Morgan fingerprint density at radius 2 is 1.50 bits per heavy atom. The maximum atomic E-state index is 5.07. The number of rotatable bonds is 12. The van der Waals surface area contributed by atoms with E-state index in [0.717, 1.165) is 41.2 Å². The van der Waals surface area contributed by atoms with Crippen LogP contribution in [-0.2, 0) is 6.42 Å². The van der Waals surface area contributed by atoms with Gasteiger partial charge in [0.2, 0.25) is 0 Å². The fraction of sp³-hybridized carbons (Fsp3) is 0.244. The molecule has 0 saturated carbocycles. The molecule has 0 amide bonds. The second-order valence-corrected chi connectivity index (χ2v) is 10.4. The number of nitrogens with zero attached hydrogens (tertiary/aromatic N) is 1. The lowest BCUT2D eigenvalue weighted by Crippen LogP contribution is -2.02. The topological polar surface area (TPSA) is 37.0 Å². The van der Waals surface area contributed by atoms with Crippen molar-refractivity contribution in [3.63, 3.8) is 0 Å². The maximum absolute atomic E-state index is 5.07. The van der Waals surface area contributed by atoms with E-state index >= 15 is 0 Å². The van der Waals surface area contributed by atoms with Crippen LogP contribution in [-0.4, -0.2) is 19.1 Å². The summed E-state index contributed by atoms with van der Waals surface area (Å²) in [4.78, 5) is 5.07. The van der Waals surface area contributed by atoms with Gasteiger partial charge in [0.1, 0.15) is 0 Å². The summed E-state index contributed by atoms with van der Waals surface area (Å²) in [5.41, 5.74) is 11.4. The number of allylic oxidation sites excluding steroid dienone is 7. The summed E-state index contributed by atoms with van der Waals surface area (Å²) in [6.07, 6.45) is 16.9. The van der Waals surface area contributed by atoms with Crippen LogP contribution in [0.4, 0.5) is 5.69 Å². The molecule has 0 saturated heterocycles. The molecular weight excluding hydrogens is 534 g/mol. The quantitative estimate of drug-likeness (QED) is 0.129. The van der Waals surface area contributed by atoms with Gasteiger partial charge in [-0.25, -0.2) is 0 Å². The van der Waals surface area contributed by atoms with E-state index in [-0.39, 0.29) is 5.92 Å². The number of hydrogen-bond acceptors (Lipinski definition) is 3. The Hall–Kier alpha value is -4.63. The van der Waals surface area contributed by atoms with Gasteiger partial charge in [-0.15, -0.1) is 0 Å². The van der Waals surface area contributed by atoms with Gasteiger partial charge in [0.25, 0.3) is 0 Å². The molecule has 0 aliphatic carbocycles. The zero-order valence-electron chi connectivity index (χ0n) is 27.6. The van der Waals surface area contributed by atoms with Crippen molar-refractivity contribution in [3.8, 4) is 33.5 Å². The first-order valence-electron chi connectivity index (χ1n) is 15.8. The SMILES string of the molecule is C/C=C\C/C=C\Cc1cc(-c2ccccc2)cc(-c2ccc(-c3cc(C(C)/C=C\C(=C/C)NC)ccc3NC)cc2)n1.CC. The minimum atomic E-state index is 0.285. The molecule has 3 aromatic carbocycles. The monoisotopic (exact) mass is 583 g/mol. The summed E-state index contributed by atoms with van der Waals surface area (Å²) in [7, 11) is 3.93. The molecular formula is C41H49N3. The normalized spacial score (nSPS) is 12.4. The zero-order chi connectivity index (χ0) is 31.7. The van der Waals surface area contributed by atoms with Crippen molar-refractivity contribution in [2.45, 2.75) is 53.4 Å². The third-order valence-corrected chi connectivity index (χ3v) is 7.48. The van der Waals surface area contributed by atoms with Crippen LogP contribution in [0.1, 0.15) is 58.2 Å². The molecule has 0 bridgehead atoms. The third-order valence-electron chi connectivity index (χ3n) is 7.48. The van der Waals surface area contributed by atoms with E-state index in [4.69, 9.17) is 4.98 Å². The average Bonchev–Trinajstić information content (AvgIpc) is 3.09. The number of pyridine rings is 1. The Morgan fingerprint density at radius 3 is 2.16 bits per heavy atom. The van der Waals surface area contributed by atoms with E-state index < -0.39 is 0 Å². The summed E-state index contributed by atoms with van der Waals surface area (Å²) >= 11 is 0. The molecule has 0 aliphatic heterocycles. The van der Waals surface area contributed by atoms with E-state index in [1.165, 1.54) is 27.8 Å². The van der Waals surface area contributed by atoms with Gasteiger partial charge in [0.05, 0.1) is 5.69 Å². The first kappa shape index (κ1) is 33.9. The zero-order valence-corrected chi connectivity index (χ0v) is 27.6. The molecule has 4 aromatic rings. The highest BCUT2D eigenvalue weighted by Gasteiger charge is 2.11. The van der Waals surface area contributed by atoms with Crippen molar-refractivity contribution in [1.29, 1.82) is 0 Å². The first-order chi connectivity index (χ1) is 21.6. The molecule has 2 N–H and O–H groups in total. The van der Waals surface area contributed by atoms with Crippen molar-refractivity contribution in [2.75, 3.05) is 19.4 Å². The number of anilines is 1. The molecule has 1 heterocycles. The van der Waals surface area contributed by atoms with Gasteiger partial charge in [-0.2, -0.15) is 0 Å². The van der Waals surface area contributed by atoms with E-state index in [2.05, 4.69) is 152 Å². The van der Waals surface area contributed by atoms with Gasteiger partial charge in [0, 0.05) is 48.7 Å². The molecule has 0 aliphatic rings. The van der Waals surface area contributed by atoms with Crippen LogP contribution < -0.4 is 10.6 Å². The third kappa shape index (κ3) is 9.44. The lowest BCUT2D eigenvalue weighted by molar-refractivity contribution is 0.954. The minimum absolute atomic E-state index is 0.285. The molecule has 1 unspecified atom stereocenters. The molecule has 3 heteroatoms. The Bertz CT molecular complexity index is 1560. The van der Waals surface area contributed by atoms with Crippen molar-refractivity contribution >= 4 is 5.69 Å². The molecule has 0 fully saturated rings. The van der Waals surface area contributed by atoms with Gasteiger partial charge < -0.3 is 10.6 Å². The molecule has 1 aromatic heterocycles. The van der Waals surface area contributed by atoms with Crippen molar-refractivity contribution < 1.29 is 0 Å². The van der Waals surface area contributed by atoms with Crippen LogP contribution in [0, 0.1) is 0 Å². The highest BCUT2D eigenvalue weighted by molar-refractivity contribution is 5.80. The van der Waals surface area contributed by atoms with Gasteiger partial charge >= 0.3 is 0 Å². The Balaban J connectivity index is 0.00000259. The largest absolute Gasteiger partial charge is 0.388 e.